The molecule has 156 valence electrons. The minimum atomic E-state index is -0.203. The molecule has 0 aromatic heterocycles. The van der Waals surface area contributed by atoms with E-state index in [0.29, 0.717) is 23.6 Å². The van der Waals surface area contributed by atoms with Crippen LogP contribution in [0.4, 0.5) is 0 Å². The van der Waals surface area contributed by atoms with Crippen molar-refractivity contribution >= 4 is 17.8 Å². The number of rotatable bonds is 6. The van der Waals surface area contributed by atoms with Crippen LogP contribution in [0.3, 0.4) is 0 Å². The molecule has 1 amide bonds. The van der Waals surface area contributed by atoms with Gasteiger partial charge in [-0.25, -0.2) is 0 Å². The summed E-state index contributed by atoms with van der Waals surface area (Å²) in [4.78, 5) is 26.6. The standard InChI is InChI=1S/C23H23NO6/c1-28-17-6-4-15(5-7-17)11-21-23(27)19-9-8-18(12-20(19)30-21)29-14-22(26)24-10-2-3-16(24)13-25/h4-9,11-12,16,25H,2-3,10,13-14H2,1H3/t16-/m0/s1. The molecule has 2 aromatic rings. The number of Topliss-reactive ketones (excluding diaryl/α,β-unsaturated/α-hetero) is 1. The zero-order valence-corrected chi connectivity index (χ0v) is 16.7. The van der Waals surface area contributed by atoms with Crippen molar-refractivity contribution in [2.75, 3.05) is 26.9 Å². The predicted octanol–water partition coefficient (Wildman–Crippen LogP) is 2.67. The molecule has 0 spiro atoms. The highest BCUT2D eigenvalue weighted by atomic mass is 16.5. The van der Waals surface area contributed by atoms with Crippen molar-refractivity contribution in [2.24, 2.45) is 0 Å². The first-order valence-corrected chi connectivity index (χ1v) is 9.84. The number of fused-ring (bicyclic) bond motifs is 1. The monoisotopic (exact) mass is 409 g/mol. The van der Waals surface area contributed by atoms with Gasteiger partial charge in [0.05, 0.1) is 25.3 Å². The highest BCUT2D eigenvalue weighted by molar-refractivity contribution is 6.14. The van der Waals surface area contributed by atoms with E-state index in [1.54, 1.807) is 36.3 Å². The Labute approximate surface area is 174 Å². The topological polar surface area (TPSA) is 85.3 Å². The van der Waals surface area contributed by atoms with Gasteiger partial charge >= 0.3 is 0 Å². The number of allylic oxidation sites excluding steroid dienone is 1. The van der Waals surface area contributed by atoms with Crippen molar-refractivity contribution in [1.29, 1.82) is 0 Å². The van der Waals surface area contributed by atoms with Crippen LogP contribution in [0.15, 0.2) is 48.2 Å². The Bertz CT molecular complexity index is 982. The molecule has 0 radical (unpaired) electrons. The SMILES string of the molecule is COc1ccc(C=C2Oc3cc(OCC(=O)N4CCC[C@H]4CO)ccc3C2=O)cc1. The molecule has 2 aromatic carbocycles. The number of aliphatic hydroxyl groups excluding tert-OH is 1. The number of amides is 1. The largest absolute Gasteiger partial charge is 0.497 e. The maximum absolute atomic E-state index is 12.6. The molecule has 4 rings (SSSR count). The third-order valence-corrected chi connectivity index (χ3v) is 5.33. The molecular formula is C23H23NO6. The molecule has 2 aliphatic heterocycles. The minimum Gasteiger partial charge on any atom is -0.497 e. The minimum absolute atomic E-state index is 0.0379. The van der Waals surface area contributed by atoms with Gasteiger partial charge in [-0.2, -0.15) is 0 Å². The smallest absolute Gasteiger partial charge is 0.260 e. The first kappa shape index (κ1) is 20.0. The van der Waals surface area contributed by atoms with Crippen LogP contribution in [0.1, 0.15) is 28.8 Å². The molecule has 1 fully saturated rings. The highest BCUT2D eigenvalue weighted by Crippen LogP contribution is 2.35. The summed E-state index contributed by atoms with van der Waals surface area (Å²) in [6.45, 7) is 0.469. The first-order chi connectivity index (χ1) is 14.6. The molecule has 0 aliphatic carbocycles. The van der Waals surface area contributed by atoms with E-state index in [9.17, 15) is 14.7 Å². The summed E-state index contributed by atoms with van der Waals surface area (Å²) in [5.41, 5.74) is 1.27. The summed E-state index contributed by atoms with van der Waals surface area (Å²) >= 11 is 0. The Balaban J connectivity index is 1.42. The quantitative estimate of drug-likeness (QED) is 0.739. The van der Waals surface area contributed by atoms with Gasteiger partial charge in [0.25, 0.3) is 5.91 Å². The lowest BCUT2D eigenvalue weighted by Crippen LogP contribution is -2.40. The van der Waals surface area contributed by atoms with Gasteiger partial charge in [0, 0.05) is 12.6 Å². The van der Waals surface area contributed by atoms with Crippen molar-refractivity contribution in [3.8, 4) is 17.2 Å². The molecule has 7 nitrogen and oxygen atoms in total. The van der Waals surface area contributed by atoms with E-state index in [-0.39, 0.29) is 36.7 Å². The van der Waals surface area contributed by atoms with Crippen LogP contribution in [0.5, 0.6) is 17.2 Å². The van der Waals surface area contributed by atoms with Crippen molar-refractivity contribution < 1.29 is 28.9 Å². The lowest BCUT2D eigenvalue weighted by atomic mass is 10.1. The number of aliphatic hydroxyl groups is 1. The number of likely N-dealkylation sites (tertiary alicyclic amines) is 1. The van der Waals surface area contributed by atoms with Crippen molar-refractivity contribution in [3.05, 3.63) is 59.4 Å². The molecular weight excluding hydrogens is 386 g/mol. The van der Waals surface area contributed by atoms with Crippen LogP contribution in [-0.2, 0) is 4.79 Å². The molecule has 0 saturated carbocycles. The second kappa shape index (κ2) is 8.59. The van der Waals surface area contributed by atoms with E-state index >= 15 is 0 Å². The number of carbonyl (C=O) groups excluding carboxylic acids is 2. The van der Waals surface area contributed by atoms with Crippen molar-refractivity contribution in [3.63, 3.8) is 0 Å². The lowest BCUT2D eigenvalue weighted by molar-refractivity contribution is -0.134. The predicted molar refractivity (Wildman–Crippen MR) is 110 cm³/mol. The van der Waals surface area contributed by atoms with E-state index in [4.69, 9.17) is 14.2 Å². The Kier molecular flexibility index (Phi) is 5.72. The molecule has 0 unspecified atom stereocenters. The number of nitrogens with zero attached hydrogens (tertiary/aromatic N) is 1. The Hall–Kier alpha value is -3.32. The van der Waals surface area contributed by atoms with Crippen molar-refractivity contribution in [1.82, 2.24) is 4.90 Å². The molecule has 2 aliphatic rings. The average molecular weight is 409 g/mol. The second-order valence-electron chi connectivity index (χ2n) is 7.23. The number of methoxy groups -OCH3 is 1. The van der Waals surface area contributed by atoms with E-state index in [0.717, 1.165) is 24.2 Å². The summed E-state index contributed by atoms with van der Waals surface area (Å²) in [6, 6.07) is 12.1. The zero-order valence-electron chi connectivity index (χ0n) is 16.7. The number of carbonyl (C=O) groups is 2. The third-order valence-electron chi connectivity index (χ3n) is 5.33. The number of benzene rings is 2. The van der Waals surface area contributed by atoms with Gasteiger partial charge in [-0.15, -0.1) is 0 Å². The van der Waals surface area contributed by atoms with Gasteiger partial charge in [-0.05, 0) is 48.7 Å². The zero-order chi connectivity index (χ0) is 21.1. The van der Waals surface area contributed by atoms with Crippen LogP contribution >= 0.6 is 0 Å². The van der Waals surface area contributed by atoms with Gasteiger partial charge < -0.3 is 24.2 Å². The summed E-state index contributed by atoms with van der Waals surface area (Å²) in [6.07, 6.45) is 3.36. The van der Waals surface area contributed by atoms with Crippen LogP contribution in [0, 0.1) is 0 Å². The Morgan fingerprint density at radius 3 is 2.73 bits per heavy atom. The van der Waals surface area contributed by atoms with Gasteiger partial charge in [0.15, 0.2) is 12.4 Å². The summed E-state index contributed by atoms with van der Waals surface area (Å²) < 4.78 is 16.5. The van der Waals surface area contributed by atoms with Crippen molar-refractivity contribution in [2.45, 2.75) is 18.9 Å². The molecule has 1 N–H and O–H groups in total. The first-order valence-electron chi connectivity index (χ1n) is 9.84. The second-order valence-corrected chi connectivity index (χ2v) is 7.23. The number of ketones is 1. The van der Waals surface area contributed by atoms with Crippen LogP contribution < -0.4 is 14.2 Å². The summed E-state index contributed by atoms with van der Waals surface area (Å²) in [5, 5.41) is 9.36. The number of hydrogen-bond acceptors (Lipinski definition) is 6. The van der Waals surface area contributed by atoms with E-state index in [1.807, 2.05) is 24.3 Å². The molecule has 2 heterocycles. The fraction of sp³-hybridized carbons (Fsp3) is 0.304. The third kappa shape index (κ3) is 4.02. The summed E-state index contributed by atoms with van der Waals surface area (Å²) in [7, 11) is 1.59. The number of ether oxygens (including phenoxy) is 3. The Morgan fingerprint density at radius 2 is 2.00 bits per heavy atom. The average Bonchev–Trinajstić information content (AvgIpc) is 3.37. The normalized spacial score (nSPS) is 19.0. The fourth-order valence-electron chi connectivity index (χ4n) is 3.69. The fourth-order valence-corrected chi connectivity index (χ4v) is 3.69. The maximum atomic E-state index is 12.6. The van der Waals surface area contributed by atoms with Gasteiger partial charge in [0.2, 0.25) is 5.78 Å². The molecule has 1 saturated heterocycles. The highest BCUT2D eigenvalue weighted by Gasteiger charge is 2.29. The molecule has 0 bridgehead atoms. The maximum Gasteiger partial charge on any atom is 0.260 e. The van der Waals surface area contributed by atoms with E-state index in [2.05, 4.69) is 0 Å². The lowest BCUT2D eigenvalue weighted by Gasteiger charge is -2.22. The van der Waals surface area contributed by atoms with E-state index in [1.165, 1.54) is 0 Å². The number of hydrogen-bond donors (Lipinski definition) is 1. The molecule has 1 atom stereocenters. The van der Waals surface area contributed by atoms with Gasteiger partial charge in [-0.3, -0.25) is 9.59 Å². The van der Waals surface area contributed by atoms with Crippen LogP contribution in [-0.4, -0.2) is 54.6 Å². The Morgan fingerprint density at radius 1 is 1.23 bits per heavy atom. The van der Waals surface area contributed by atoms with E-state index < -0.39 is 0 Å². The molecule has 30 heavy (non-hydrogen) atoms. The van der Waals surface area contributed by atoms with Gasteiger partial charge in [-0.1, -0.05) is 12.1 Å². The molecule has 7 heteroatoms. The van der Waals surface area contributed by atoms with Gasteiger partial charge in [0.1, 0.15) is 17.2 Å². The van der Waals surface area contributed by atoms with Crippen LogP contribution in [0.25, 0.3) is 6.08 Å². The summed E-state index contributed by atoms with van der Waals surface area (Å²) in [5.74, 6) is 1.44. The van der Waals surface area contributed by atoms with Crippen LogP contribution in [0.2, 0.25) is 0 Å².